The van der Waals surface area contributed by atoms with Crippen molar-refractivity contribution in [3.8, 4) is 0 Å². The fraction of sp³-hybridized carbons (Fsp3) is 0.462. The molecule has 0 saturated carbocycles. The van der Waals surface area contributed by atoms with Crippen molar-refractivity contribution in [1.29, 1.82) is 0 Å². The van der Waals surface area contributed by atoms with Crippen LogP contribution in [0, 0.1) is 0 Å². The van der Waals surface area contributed by atoms with Gasteiger partial charge in [0.15, 0.2) is 0 Å². The molecule has 0 spiro atoms. The monoisotopic (exact) mass is 233 g/mol. The largest absolute Gasteiger partial charge is 0.385 e. The van der Waals surface area contributed by atoms with Crippen LogP contribution >= 0.6 is 0 Å². The van der Waals surface area contributed by atoms with Crippen molar-refractivity contribution >= 4 is 17.4 Å². The number of nitrogens with one attached hydrogen (secondary N) is 3. The molecule has 1 aliphatic rings. The zero-order valence-corrected chi connectivity index (χ0v) is 10.3. The molecule has 1 heterocycles. The summed E-state index contributed by atoms with van der Waals surface area (Å²) < 4.78 is 0. The number of fused-ring (bicyclic) bond motifs is 1. The first kappa shape index (κ1) is 11.8. The van der Waals surface area contributed by atoms with Gasteiger partial charge < -0.3 is 16.0 Å². The molecule has 0 bridgehead atoms. The quantitative estimate of drug-likeness (QED) is 0.735. The summed E-state index contributed by atoms with van der Waals surface area (Å²) >= 11 is 0. The van der Waals surface area contributed by atoms with Gasteiger partial charge in [0.1, 0.15) is 0 Å². The Balaban J connectivity index is 2.04. The Bertz CT molecular complexity index is 415. The van der Waals surface area contributed by atoms with E-state index in [1.165, 1.54) is 12.0 Å². The molecule has 92 valence electrons. The first-order chi connectivity index (χ1) is 8.15. The van der Waals surface area contributed by atoms with Crippen LogP contribution in [0.1, 0.15) is 25.8 Å². The molecule has 3 N–H and O–H groups in total. The van der Waals surface area contributed by atoms with E-state index in [0.717, 1.165) is 24.3 Å². The second-order valence-electron chi connectivity index (χ2n) is 4.66. The van der Waals surface area contributed by atoms with E-state index in [1.54, 1.807) is 0 Å². The van der Waals surface area contributed by atoms with Crippen LogP contribution in [-0.2, 0) is 6.42 Å². The Kier molecular flexibility index (Phi) is 3.52. The van der Waals surface area contributed by atoms with Gasteiger partial charge in [0, 0.05) is 24.0 Å². The maximum atomic E-state index is 11.5. The Morgan fingerprint density at radius 1 is 1.41 bits per heavy atom. The summed E-state index contributed by atoms with van der Waals surface area (Å²) in [5, 5.41) is 8.98. The minimum absolute atomic E-state index is 0.144. The summed E-state index contributed by atoms with van der Waals surface area (Å²) in [6, 6.07) is 6.01. The molecule has 4 heteroatoms. The maximum Gasteiger partial charge on any atom is 0.319 e. The zero-order chi connectivity index (χ0) is 12.3. The third-order valence-corrected chi connectivity index (χ3v) is 2.73. The third kappa shape index (κ3) is 3.12. The van der Waals surface area contributed by atoms with Crippen molar-refractivity contribution in [3.63, 3.8) is 0 Å². The number of aryl methyl sites for hydroxylation is 1. The summed E-state index contributed by atoms with van der Waals surface area (Å²) in [6.45, 7) is 4.89. The average molecular weight is 233 g/mol. The molecule has 1 aliphatic heterocycles. The number of hydrogen-bond donors (Lipinski definition) is 3. The molecule has 1 aromatic rings. The molecule has 0 aliphatic carbocycles. The van der Waals surface area contributed by atoms with E-state index in [4.69, 9.17) is 0 Å². The van der Waals surface area contributed by atoms with Gasteiger partial charge in [-0.2, -0.15) is 0 Å². The number of rotatable bonds is 2. The van der Waals surface area contributed by atoms with Crippen molar-refractivity contribution in [2.45, 2.75) is 32.7 Å². The fourth-order valence-corrected chi connectivity index (χ4v) is 1.97. The van der Waals surface area contributed by atoms with E-state index in [1.807, 2.05) is 26.0 Å². The lowest BCUT2D eigenvalue weighted by Crippen LogP contribution is -2.34. The van der Waals surface area contributed by atoms with Crippen LogP contribution in [0.5, 0.6) is 0 Å². The van der Waals surface area contributed by atoms with Crippen LogP contribution in [-0.4, -0.2) is 18.6 Å². The number of amides is 2. The predicted molar refractivity (Wildman–Crippen MR) is 70.5 cm³/mol. The molecule has 0 saturated heterocycles. The molecule has 17 heavy (non-hydrogen) atoms. The SMILES string of the molecule is CC(C)NC(=O)Nc1ccc2c(c1)NCCC2. The molecule has 0 unspecified atom stereocenters. The van der Waals surface area contributed by atoms with E-state index in [9.17, 15) is 4.79 Å². The number of hydrogen-bond acceptors (Lipinski definition) is 2. The van der Waals surface area contributed by atoms with Gasteiger partial charge in [0.25, 0.3) is 0 Å². The second-order valence-corrected chi connectivity index (χ2v) is 4.66. The van der Waals surface area contributed by atoms with Gasteiger partial charge in [0.05, 0.1) is 0 Å². The lowest BCUT2D eigenvalue weighted by Gasteiger charge is -2.19. The van der Waals surface area contributed by atoms with Crippen molar-refractivity contribution in [2.75, 3.05) is 17.2 Å². The number of carbonyl (C=O) groups excluding carboxylic acids is 1. The van der Waals surface area contributed by atoms with Crippen LogP contribution in [0.25, 0.3) is 0 Å². The van der Waals surface area contributed by atoms with E-state index in [-0.39, 0.29) is 12.1 Å². The highest BCUT2D eigenvalue weighted by Gasteiger charge is 2.10. The fourth-order valence-electron chi connectivity index (χ4n) is 1.97. The molecule has 2 rings (SSSR count). The maximum absolute atomic E-state index is 11.5. The summed E-state index contributed by atoms with van der Waals surface area (Å²) in [4.78, 5) is 11.5. The summed E-state index contributed by atoms with van der Waals surface area (Å²) in [7, 11) is 0. The normalized spacial score (nSPS) is 13.8. The van der Waals surface area contributed by atoms with Gasteiger partial charge in [-0.25, -0.2) is 4.79 Å². The van der Waals surface area contributed by atoms with E-state index in [0.29, 0.717) is 0 Å². The Morgan fingerprint density at radius 2 is 2.24 bits per heavy atom. The molecule has 0 atom stereocenters. The molecule has 0 radical (unpaired) electrons. The van der Waals surface area contributed by atoms with Crippen molar-refractivity contribution in [2.24, 2.45) is 0 Å². The molecule has 2 amide bonds. The topological polar surface area (TPSA) is 53.2 Å². The van der Waals surface area contributed by atoms with E-state index < -0.39 is 0 Å². The second kappa shape index (κ2) is 5.08. The standard InChI is InChI=1S/C13H19N3O/c1-9(2)15-13(17)16-11-6-5-10-4-3-7-14-12(10)8-11/h5-6,8-9,14H,3-4,7H2,1-2H3,(H2,15,16,17). The van der Waals surface area contributed by atoms with Gasteiger partial charge in [-0.1, -0.05) is 6.07 Å². The first-order valence-corrected chi connectivity index (χ1v) is 6.09. The molecule has 0 fully saturated rings. The molecular weight excluding hydrogens is 214 g/mol. The van der Waals surface area contributed by atoms with Crippen LogP contribution < -0.4 is 16.0 Å². The van der Waals surface area contributed by atoms with E-state index >= 15 is 0 Å². The van der Waals surface area contributed by atoms with Gasteiger partial charge >= 0.3 is 6.03 Å². The lowest BCUT2D eigenvalue weighted by atomic mass is 10.0. The van der Waals surface area contributed by atoms with Crippen molar-refractivity contribution in [3.05, 3.63) is 23.8 Å². The first-order valence-electron chi connectivity index (χ1n) is 6.09. The molecule has 1 aromatic carbocycles. The van der Waals surface area contributed by atoms with Crippen LogP contribution in [0.4, 0.5) is 16.2 Å². The Morgan fingerprint density at radius 3 is 3.00 bits per heavy atom. The summed E-state index contributed by atoms with van der Waals surface area (Å²) in [5.74, 6) is 0. The highest BCUT2D eigenvalue weighted by atomic mass is 16.2. The van der Waals surface area contributed by atoms with Crippen LogP contribution in [0.15, 0.2) is 18.2 Å². The number of urea groups is 1. The smallest absolute Gasteiger partial charge is 0.319 e. The Hall–Kier alpha value is -1.71. The number of anilines is 2. The minimum Gasteiger partial charge on any atom is -0.385 e. The molecule has 4 nitrogen and oxygen atoms in total. The average Bonchev–Trinajstić information content (AvgIpc) is 2.27. The number of benzene rings is 1. The van der Waals surface area contributed by atoms with Crippen LogP contribution in [0.3, 0.4) is 0 Å². The van der Waals surface area contributed by atoms with Gasteiger partial charge in [-0.3, -0.25) is 0 Å². The summed E-state index contributed by atoms with van der Waals surface area (Å²) in [6.07, 6.45) is 2.29. The van der Waals surface area contributed by atoms with Gasteiger partial charge in [-0.05, 0) is 44.4 Å². The molecule has 0 aromatic heterocycles. The zero-order valence-electron chi connectivity index (χ0n) is 10.3. The Labute approximate surface area is 102 Å². The third-order valence-electron chi connectivity index (χ3n) is 2.73. The lowest BCUT2D eigenvalue weighted by molar-refractivity contribution is 0.250. The molecular formula is C13H19N3O. The highest BCUT2D eigenvalue weighted by Crippen LogP contribution is 2.25. The van der Waals surface area contributed by atoms with Crippen LogP contribution in [0.2, 0.25) is 0 Å². The van der Waals surface area contributed by atoms with E-state index in [2.05, 4.69) is 22.0 Å². The minimum atomic E-state index is -0.157. The predicted octanol–water partition coefficient (Wildman–Crippen LogP) is 2.57. The number of carbonyl (C=O) groups is 1. The summed E-state index contributed by atoms with van der Waals surface area (Å²) in [5.41, 5.74) is 3.29. The van der Waals surface area contributed by atoms with Crippen molar-refractivity contribution < 1.29 is 4.79 Å². The van der Waals surface area contributed by atoms with Crippen molar-refractivity contribution in [1.82, 2.24) is 5.32 Å². The highest BCUT2D eigenvalue weighted by molar-refractivity contribution is 5.90. The van der Waals surface area contributed by atoms with Gasteiger partial charge in [-0.15, -0.1) is 0 Å². The van der Waals surface area contributed by atoms with Gasteiger partial charge in [0.2, 0.25) is 0 Å².